The topological polar surface area (TPSA) is 114 Å². The number of ether oxygens (including phenoxy) is 1. The van der Waals surface area contributed by atoms with Gasteiger partial charge in [0.1, 0.15) is 16.9 Å². The number of sulfone groups is 1. The zero-order chi connectivity index (χ0) is 26.5. The summed E-state index contributed by atoms with van der Waals surface area (Å²) in [6, 6.07) is 4.74. The van der Waals surface area contributed by atoms with E-state index in [1.165, 1.54) is 12.3 Å². The van der Waals surface area contributed by atoms with Gasteiger partial charge in [0.25, 0.3) is 0 Å². The number of amides is 1. The molecule has 0 radical (unpaired) electrons. The fourth-order valence-electron chi connectivity index (χ4n) is 4.31. The molecule has 1 aromatic heterocycles. The van der Waals surface area contributed by atoms with Crippen molar-refractivity contribution in [3.05, 3.63) is 52.3 Å². The lowest BCUT2D eigenvalue weighted by Gasteiger charge is -2.27. The number of hydrogen-bond donors (Lipinski definition) is 1. The first-order valence-corrected chi connectivity index (χ1v) is 12.9. The molecule has 36 heavy (non-hydrogen) atoms. The normalized spacial score (nSPS) is 21.3. The third-order valence-electron chi connectivity index (χ3n) is 6.30. The lowest BCUT2D eigenvalue weighted by atomic mass is 9.95. The standard InChI is InChI=1S/C22H19Cl2F3N2O6S/c23-15-7-13(35-11-22(25,26)27)2-3-17(15)36(33,34)14-8-16(19(30)31)29(10-14)20(32)21(5-6-21)12-1-4-18(24)28-9-12/h1-4,7,9,14,16H,5-6,8,10-11H2,(H,30,31)/t14?,16-/m1/s1. The van der Waals surface area contributed by atoms with Gasteiger partial charge in [-0.2, -0.15) is 13.2 Å². The molecule has 1 aliphatic carbocycles. The van der Waals surface area contributed by atoms with Crippen LogP contribution >= 0.6 is 23.2 Å². The Morgan fingerprint density at radius 2 is 1.89 bits per heavy atom. The number of aliphatic carboxylic acids is 1. The molecule has 1 unspecified atom stereocenters. The summed E-state index contributed by atoms with van der Waals surface area (Å²) < 4.78 is 68.4. The average molecular weight is 567 g/mol. The number of carbonyl (C=O) groups is 2. The molecule has 1 saturated carbocycles. The van der Waals surface area contributed by atoms with E-state index in [0.717, 1.165) is 23.1 Å². The van der Waals surface area contributed by atoms with Gasteiger partial charge in [0.15, 0.2) is 16.4 Å². The summed E-state index contributed by atoms with van der Waals surface area (Å²) >= 11 is 11.9. The fourth-order valence-corrected chi connectivity index (χ4v) is 6.66. The summed E-state index contributed by atoms with van der Waals surface area (Å²) in [5, 5.41) is 8.30. The van der Waals surface area contributed by atoms with E-state index < -0.39 is 56.1 Å². The van der Waals surface area contributed by atoms with Gasteiger partial charge in [0, 0.05) is 18.8 Å². The van der Waals surface area contributed by atoms with Crippen molar-refractivity contribution in [3.63, 3.8) is 0 Å². The third-order valence-corrected chi connectivity index (χ3v) is 9.14. The Hall–Kier alpha value is -2.57. The van der Waals surface area contributed by atoms with Crippen molar-refractivity contribution < 1.29 is 41.0 Å². The minimum atomic E-state index is -4.59. The number of carboxylic acids is 1. The fraction of sp³-hybridized carbons (Fsp3) is 0.409. The number of pyridine rings is 1. The SMILES string of the molecule is O=C(O)[C@H]1CC(S(=O)(=O)c2ccc(OCC(F)(F)F)cc2Cl)CN1C(=O)C1(c2ccc(Cl)nc2)CC1. The molecule has 2 heterocycles. The van der Waals surface area contributed by atoms with Crippen molar-refractivity contribution in [2.24, 2.45) is 0 Å². The van der Waals surface area contributed by atoms with Gasteiger partial charge in [0.2, 0.25) is 5.91 Å². The molecule has 1 aromatic carbocycles. The van der Waals surface area contributed by atoms with Crippen LogP contribution in [0.4, 0.5) is 13.2 Å². The summed E-state index contributed by atoms with van der Waals surface area (Å²) in [6.45, 7) is -1.97. The van der Waals surface area contributed by atoms with E-state index in [9.17, 15) is 36.3 Å². The number of carboxylic acid groups (broad SMARTS) is 1. The molecule has 2 atom stereocenters. The van der Waals surface area contributed by atoms with Gasteiger partial charge >= 0.3 is 12.1 Å². The van der Waals surface area contributed by atoms with Gasteiger partial charge in [0.05, 0.1) is 20.6 Å². The minimum Gasteiger partial charge on any atom is -0.484 e. The van der Waals surface area contributed by atoms with Gasteiger partial charge in [-0.25, -0.2) is 18.2 Å². The highest BCUT2D eigenvalue weighted by Gasteiger charge is 2.57. The molecule has 1 amide bonds. The molecule has 0 spiro atoms. The largest absolute Gasteiger partial charge is 0.484 e. The van der Waals surface area contributed by atoms with Crippen molar-refractivity contribution in [2.45, 2.75) is 47.0 Å². The Morgan fingerprint density at radius 1 is 1.19 bits per heavy atom. The highest BCUT2D eigenvalue weighted by atomic mass is 35.5. The molecule has 14 heteroatoms. The number of nitrogens with zero attached hydrogens (tertiary/aromatic N) is 2. The number of rotatable bonds is 7. The number of carbonyl (C=O) groups excluding carboxylic acids is 1. The molecule has 8 nitrogen and oxygen atoms in total. The van der Waals surface area contributed by atoms with Gasteiger partial charge in [-0.15, -0.1) is 0 Å². The molecular weight excluding hydrogens is 548 g/mol. The number of likely N-dealkylation sites (tertiary alicyclic amines) is 1. The van der Waals surface area contributed by atoms with Gasteiger partial charge in [-0.05, 0) is 43.0 Å². The predicted octanol–water partition coefficient (Wildman–Crippen LogP) is 3.89. The zero-order valence-electron chi connectivity index (χ0n) is 18.3. The summed E-state index contributed by atoms with van der Waals surface area (Å²) in [7, 11) is -4.25. The van der Waals surface area contributed by atoms with Crippen molar-refractivity contribution >= 4 is 44.9 Å². The van der Waals surface area contributed by atoms with Crippen LogP contribution in [-0.4, -0.2) is 65.9 Å². The van der Waals surface area contributed by atoms with Gasteiger partial charge < -0.3 is 14.7 Å². The van der Waals surface area contributed by atoms with Crippen LogP contribution < -0.4 is 4.74 Å². The second-order valence-corrected chi connectivity index (χ2v) is 11.7. The molecule has 0 bridgehead atoms. The first kappa shape index (κ1) is 26.5. The van der Waals surface area contributed by atoms with Gasteiger partial charge in [-0.3, -0.25) is 4.79 Å². The molecule has 2 aromatic rings. The number of aromatic nitrogens is 1. The summed E-state index contributed by atoms with van der Waals surface area (Å²) in [6.07, 6.45) is -2.64. The molecule has 2 aliphatic rings. The molecule has 2 fully saturated rings. The number of benzene rings is 1. The Labute approximate surface area is 213 Å². The lowest BCUT2D eigenvalue weighted by Crippen LogP contribution is -2.46. The predicted molar refractivity (Wildman–Crippen MR) is 122 cm³/mol. The first-order chi connectivity index (χ1) is 16.7. The first-order valence-electron chi connectivity index (χ1n) is 10.6. The van der Waals surface area contributed by atoms with E-state index in [1.807, 2.05) is 0 Å². The monoisotopic (exact) mass is 566 g/mol. The van der Waals surface area contributed by atoms with Crippen molar-refractivity contribution in [2.75, 3.05) is 13.2 Å². The number of alkyl halides is 3. The highest BCUT2D eigenvalue weighted by Crippen LogP contribution is 2.50. The van der Waals surface area contributed by atoms with E-state index in [-0.39, 0.29) is 28.9 Å². The van der Waals surface area contributed by atoms with Crippen LogP contribution in [0.25, 0.3) is 0 Å². The highest BCUT2D eigenvalue weighted by molar-refractivity contribution is 7.92. The van der Waals surface area contributed by atoms with Crippen LogP contribution in [0.3, 0.4) is 0 Å². The van der Waals surface area contributed by atoms with Gasteiger partial charge in [-0.1, -0.05) is 29.3 Å². The molecular formula is C22H19Cl2F3N2O6S. The Kier molecular flexibility index (Phi) is 6.91. The number of hydrogen-bond acceptors (Lipinski definition) is 6. The van der Waals surface area contributed by atoms with E-state index in [1.54, 1.807) is 6.07 Å². The Bertz CT molecular complexity index is 1300. The maximum absolute atomic E-state index is 13.5. The summed E-state index contributed by atoms with van der Waals surface area (Å²) in [4.78, 5) is 30.1. The zero-order valence-corrected chi connectivity index (χ0v) is 20.7. The third kappa shape index (κ3) is 5.12. The molecule has 1 N–H and O–H groups in total. The second kappa shape index (κ2) is 9.38. The summed E-state index contributed by atoms with van der Waals surface area (Å²) in [5.74, 6) is -2.15. The van der Waals surface area contributed by atoms with E-state index >= 15 is 0 Å². The Balaban J connectivity index is 1.58. The second-order valence-electron chi connectivity index (χ2n) is 8.66. The van der Waals surface area contributed by atoms with Crippen molar-refractivity contribution in [1.82, 2.24) is 9.88 Å². The lowest BCUT2D eigenvalue weighted by molar-refractivity contribution is -0.153. The molecule has 1 saturated heterocycles. The van der Waals surface area contributed by atoms with Crippen LogP contribution in [0.1, 0.15) is 24.8 Å². The maximum Gasteiger partial charge on any atom is 0.422 e. The van der Waals surface area contributed by atoms with Crippen LogP contribution in [-0.2, 0) is 24.8 Å². The Morgan fingerprint density at radius 3 is 2.42 bits per heavy atom. The average Bonchev–Trinajstić information content (AvgIpc) is 3.47. The van der Waals surface area contributed by atoms with E-state index in [2.05, 4.69) is 9.72 Å². The van der Waals surface area contributed by atoms with Crippen LogP contribution in [0.5, 0.6) is 5.75 Å². The van der Waals surface area contributed by atoms with Crippen molar-refractivity contribution in [3.8, 4) is 5.75 Å². The quantitative estimate of drug-likeness (QED) is 0.505. The van der Waals surface area contributed by atoms with E-state index in [4.69, 9.17) is 23.2 Å². The summed E-state index contributed by atoms with van der Waals surface area (Å²) in [5.41, 5.74) is -0.441. The van der Waals surface area contributed by atoms with Crippen LogP contribution in [0.15, 0.2) is 41.4 Å². The number of halogens is 5. The van der Waals surface area contributed by atoms with Crippen LogP contribution in [0, 0.1) is 0 Å². The van der Waals surface area contributed by atoms with E-state index in [0.29, 0.717) is 18.4 Å². The van der Waals surface area contributed by atoms with Crippen LogP contribution in [0.2, 0.25) is 10.2 Å². The molecule has 194 valence electrons. The molecule has 4 rings (SSSR count). The maximum atomic E-state index is 13.5. The van der Waals surface area contributed by atoms with Crippen molar-refractivity contribution in [1.29, 1.82) is 0 Å². The molecule has 1 aliphatic heterocycles. The minimum absolute atomic E-state index is 0.226. The smallest absolute Gasteiger partial charge is 0.422 e.